The molecule has 2 aliphatic heterocycles. The second kappa shape index (κ2) is 23.7. The third-order valence-corrected chi connectivity index (χ3v) is 15.1. The van der Waals surface area contributed by atoms with Gasteiger partial charge in [-0.1, -0.05) is 13.8 Å². The third kappa shape index (κ3) is 12.7. The number of likely N-dealkylation sites (tertiary alicyclic amines) is 2. The van der Waals surface area contributed by atoms with Gasteiger partial charge in [-0.3, -0.25) is 14.5 Å². The Morgan fingerprint density at radius 3 is 1.52 bits per heavy atom. The first-order valence-corrected chi connectivity index (χ1v) is 27.3. The Labute approximate surface area is 421 Å². The third-order valence-electron chi connectivity index (χ3n) is 12.1. The molecule has 2 aliphatic rings. The number of ether oxygens (including phenoxy) is 2. The molecule has 0 amide bonds. The zero-order valence-electron chi connectivity index (χ0n) is 41.7. The summed E-state index contributed by atoms with van der Waals surface area (Å²) in [6.07, 6.45) is 4.06. The number of aromatic amines is 2. The standard InChI is InChI=1S/C23H31N7O7S.C23H32N6O5S/c1-4-7-20-24-15(3)21-23(31)25-22(26-29(20)21)18-12-17(8-9-19(18)36-5-2)38(34,35)27-16-13-28(14-16)10-6-11-37-30(32)33;1-4-7-20-24-15(3)21-23(31)25-22(26-29(20)21)18-12-17(8-9-19(18)34-5-2)35(32,33)27-16-13-28(14-16)10-6-11-30/h8-9,12,16,27H,4-7,10-11,13-14H2,1-3H3,(H,25,26,31);8-9,12,16,27,30H,4-7,10-11,13-14H2,1-3H3,(H,25,26,31). The molecule has 4 aromatic heterocycles. The SMILES string of the molecule is CCCc1nc(C)c2c(=O)[nH]c(-c3cc(S(=O)(=O)NC4CN(CCCO)C4)ccc3OCC)nn12.CCCc1nc(C)c2c(=O)[nH]c(-c3cc(S(=O)(=O)NC4CN(CCCO[N+](=O)[O-])C4)ccc3OCC)nn12. The van der Waals surface area contributed by atoms with E-state index >= 15 is 0 Å². The molecule has 0 radical (unpaired) electrons. The lowest BCUT2D eigenvalue weighted by molar-refractivity contribution is -0.757. The fraction of sp³-hybridized carbons (Fsp3) is 0.522. The van der Waals surface area contributed by atoms with Gasteiger partial charge in [0.05, 0.1) is 52.1 Å². The zero-order chi connectivity index (χ0) is 52.6. The van der Waals surface area contributed by atoms with Crippen molar-refractivity contribution in [1.82, 2.24) is 58.4 Å². The first-order chi connectivity index (χ1) is 34.9. The van der Waals surface area contributed by atoms with Gasteiger partial charge in [0.15, 0.2) is 22.7 Å². The van der Waals surface area contributed by atoms with Crippen molar-refractivity contribution in [2.24, 2.45) is 0 Å². The molecule has 5 N–H and O–H groups in total. The van der Waals surface area contributed by atoms with E-state index in [2.05, 4.69) is 49.3 Å². The molecule has 25 nitrogen and oxygen atoms in total. The lowest BCUT2D eigenvalue weighted by Gasteiger charge is -2.39. The molecule has 0 aliphatic carbocycles. The van der Waals surface area contributed by atoms with Crippen LogP contribution in [0.15, 0.2) is 55.8 Å². The fourth-order valence-corrected chi connectivity index (χ4v) is 11.2. The second-order valence-corrected chi connectivity index (χ2v) is 21.1. The van der Waals surface area contributed by atoms with E-state index in [1.807, 2.05) is 25.7 Å². The number of aliphatic hydroxyl groups excluding tert-OH is 1. The van der Waals surface area contributed by atoms with E-state index < -0.39 is 25.1 Å². The number of nitrogens with one attached hydrogen (secondary N) is 4. The largest absolute Gasteiger partial charge is 0.493 e. The van der Waals surface area contributed by atoms with Gasteiger partial charge in [0.1, 0.15) is 23.1 Å². The Balaban J connectivity index is 0.000000214. The number of aliphatic hydroxyl groups is 1. The number of sulfonamides is 2. The van der Waals surface area contributed by atoms with Crippen molar-refractivity contribution in [1.29, 1.82) is 0 Å². The van der Waals surface area contributed by atoms with E-state index in [1.54, 1.807) is 32.9 Å². The summed E-state index contributed by atoms with van der Waals surface area (Å²) in [7, 11) is -7.71. The van der Waals surface area contributed by atoms with Gasteiger partial charge in [-0.2, -0.15) is 0 Å². The van der Waals surface area contributed by atoms with Gasteiger partial charge < -0.3 is 34.3 Å². The number of rotatable bonds is 24. The lowest BCUT2D eigenvalue weighted by atomic mass is 10.1. The van der Waals surface area contributed by atoms with Crippen LogP contribution in [-0.2, 0) is 37.7 Å². The van der Waals surface area contributed by atoms with Crippen LogP contribution in [0.5, 0.6) is 11.5 Å². The topological polar surface area (TPSA) is 316 Å². The first-order valence-electron chi connectivity index (χ1n) is 24.3. The predicted octanol–water partition coefficient (Wildman–Crippen LogP) is 2.39. The Bertz CT molecular complexity index is 3270. The van der Waals surface area contributed by atoms with Crippen LogP contribution in [0.3, 0.4) is 0 Å². The van der Waals surface area contributed by atoms with Crippen LogP contribution < -0.4 is 30.0 Å². The number of aromatic nitrogens is 8. The number of aryl methyl sites for hydroxylation is 4. The molecule has 6 aromatic rings. The highest BCUT2D eigenvalue weighted by Crippen LogP contribution is 2.32. The summed E-state index contributed by atoms with van der Waals surface area (Å²) in [5.41, 5.74) is 1.86. The second-order valence-electron chi connectivity index (χ2n) is 17.7. The Hall–Kier alpha value is -6.36. The van der Waals surface area contributed by atoms with Crippen LogP contribution in [0.1, 0.15) is 76.4 Å². The van der Waals surface area contributed by atoms with Crippen molar-refractivity contribution in [3.05, 3.63) is 90.3 Å². The zero-order valence-corrected chi connectivity index (χ0v) is 43.3. The molecule has 0 spiro atoms. The van der Waals surface area contributed by atoms with Gasteiger partial charge in [0, 0.05) is 70.8 Å². The smallest absolute Gasteiger partial charge is 0.294 e. The summed E-state index contributed by atoms with van der Waals surface area (Å²) >= 11 is 0. The summed E-state index contributed by atoms with van der Waals surface area (Å²) in [5.74, 6) is 2.50. The monoisotopic (exact) mass is 1050 g/mol. The quantitative estimate of drug-likeness (QED) is 0.0330. The maximum Gasteiger partial charge on any atom is 0.294 e. The van der Waals surface area contributed by atoms with Crippen LogP contribution in [0.4, 0.5) is 0 Å². The maximum absolute atomic E-state index is 13.2. The number of fused-ring (bicyclic) bond motifs is 2. The molecule has 6 heterocycles. The van der Waals surface area contributed by atoms with Gasteiger partial charge in [-0.05, 0) is 89.8 Å². The van der Waals surface area contributed by atoms with E-state index in [1.165, 1.54) is 33.3 Å². The van der Waals surface area contributed by atoms with Crippen LogP contribution in [0.25, 0.3) is 33.8 Å². The number of hydrogen-bond donors (Lipinski definition) is 5. The fourth-order valence-electron chi connectivity index (χ4n) is 8.72. The van der Waals surface area contributed by atoms with Gasteiger partial charge in [-0.25, -0.2) is 45.3 Å². The normalized spacial score (nSPS) is 14.7. The van der Waals surface area contributed by atoms with Gasteiger partial charge in [0.25, 0.3) is 16.2 Å². The molecule has 27 heteroatoms. The molecule has 73 heavy (non-hydrogen) atoms. The first kappa shape index (κ1) is 54.4. The molecule has 0 unspecified atom stereocenters. The number of H-pyrrole nitrogens is 2. The Kier molecular flexibility index (Phi) is 17.6. The van der Waals surface area contributed by atoms with Crippen molar-refractivity contribution in [2.75, 3.05) is 65.7 Å². The number of benzene rings is 2. The summed E-state index contributed by atoms with van der Waals surface area (Å²) in [6, 6.07) is 8.47. The molecule has 8 rings (SSSR count). The Morgan fingerprint density at radius 2 is 1.14 bits per heavy atom. The minimum Gasteiger partial charge on any atom is -0.493 e. The lowest BCUT2D eigenvalue weighted by Crippen LogP contribution is -2.59. The number of imidazole rings is 2. The van der Waals surface area contributed by atoms with E-state index in [4.69, 9.17) is 14.6 Å². The molecule has 2 aromatic carbocycles. The van der Waals surface area contributed by atoms with Crippen LogP contribution >= 0.6 is 0 Å². The molecule has 2 saturated heterocycles. The van der Waals surface area contributed by atoms with Crippen molar-refractivity contribution in [2.45, 2.75) is 102 Å². The van der Waals surface area contributed by atoms with Crippen LogP contribution in [0, 0.1) is 24.0 Å². The number of nitrogens with zero attached hydrogens (tertiary/aromatic N) is 9. The summed E-state index contributed by atoms with van der Waals surface area (Å²) in [6.45, 7) is 15.4. The van der Waals surface area contributed by atoms with Gasteiger partial charge in [0.2, 0.25) is 20.0 Å². The van der Waals surface area contributed by atoms with E-state index in [0.29, 0.717) is 128 Å². The average Bonchev–Trinajstić information content (AvgIpc) is 3.82. The van der Waals surface area contributed by atoms with Crippen molar-refractivity contribution in [3.63, 3.8) is 0 Å². The highest BCUT2D eigenvalue weighted by molar-refractivity contribution is 7.89. The van der Waals surface area contributed by atoms with Crippen molar-refractivity contribution < 1.29 is 41.3 Å². The van der Waals surface area contributed by atoms with E-state index in [9.17, 15) is 36.5 Å². The van der Waals surface area contributed by atoms with E-state index in [0.717, 1.165) is 19.4 Å². The molecule has 0 saturated carbocycles. The van der Waals surface area contributed by atoms with Crippen molar-refractivity contribution in [3.8, 4) is 34.3 Å². The maximum atomic E-state index is 13.2. The minimum atomic E-state index is -3.89. The van der Waals surface area contributed by atoms with Crippen LogP contribution in [0.2, 0.25) is 0 Å². The van der Waals surface area contributed by atoms with Gasteiger partial charge >= 0.3 is 0 Å². The summed E-state index contributed by atoms with van der Waals surface area (Å²) in [4.78, 5) is 59.0. The highest BCUT2D eigenvalue weighted by Gasteiger charge is 2.33. The molecule has 2 fully saturated rings. The average molecular weight is 1050 g/mol. The van der Waals surface area contributed by atoms with E-state index in [-0.39, 0.29) is 57.9 Å². The molecular formula is C46H63N13O12S2. The Morgan fingerprint density at radius 1 is 0.712 bits per heavy atom. The van der Waals surface area contributed by atoms with Gasteiger partial charge in [-0.15, -0.1) is 20.3 Å². The molecule has 396 valence electrons. The predicted molar refractivity (Wildman–Crippen MR) is 268 cm³/mol. The number of hydrogen-bond acceptors (Lipinski definition) is 18. The highest BCUT2D eigenvalue weighted by atomic mass is 32.2. The minimum absolute atomic E-state index is 0.00461. The molecule has 0 bridgehead atoms. The summed E-state index contributed by atoms with van der Waals surface area (Å²) < 4.78 is 72.5. The van der Waals surface area contributed by atoms with Crippen molar-refractivity contribution >= 4 is 31.1 Å². The molecular weight excluding hydrogens is 991 g/mol. The van der Waals surface area contributed by atoms with Crippen LogP contribution in [-0.4, -0.2) is 154 Å². The molecule has 0 atom stereocenters. The summed E-state index contributed by atoms with van der Waals surface area (Å²) in [5, 5.41) is 27.6.